The lowest BCUT2D eigenvalue weighted by molar-refractivity contribution is 0.176. The topological polar surface area (TPSA) is 39.1 Å². The molecule has 0 radical (unpaired) electrons. The Bertz CT molecular complexity index is 554. The van der Waals surface area contributed by atoms with Crippen molar-refractivity contribution in [3.63, 3.8) is 0 Å². The zero-order valence-electron chi connectivity index (χ0n) is 12.0. The molecule has 1 aliphatic rings. The lowest BCUT2D eigenvalue weighted by Gasteiger charge is -2.24. The second-order valence-corrected chi connectivity index (χ2v) is 5.29. The molecule has 0 spiro atoms. The molecule has 2 unspecified atom stereocenters. The van der Waals surface area contributed by atoms with Gasteiger partial charge >= 0.3 is 0 Å². The number of fused-ring (bicyclic) bond motifs is 1. The summed E-state index contributed by atoms with van der Waals surface area (Å²) in [6.45, 7) is 3.07. The molecule has 2 heterocycles. The summed E-state index contributed by atoms with van der Waals surface area (Å²) in [6.07, 6.45) is 5.88. The zero-order valence-corrected chi connectivity index (χ0v) is 12.0. The highest BCUT2D eigenvalue weighted by Crippen LogP contribution is 2.30. The van der Waals surface area contributed by atoms with Crippen molar-refractivity contribution in [2.75, 3.05) is 6.54 Å². The van der Waals surface area contributed by atoms with Crippen LogP contribution in [0.1, 0.15) is 18.3 Å². The SMILES string of the molecule is CCNC(Cc1nccn1C)C1Cc2ccccc2O1. The van der Waals surface area contributed by atoms with Crippen LogP contribution in [0, 0.1) is 0 Å². The Morgan fingerprint density at radius 3 is 3.00 bits per heavy atom. The van der Waals surface area contributed by atoms with E-state index in [0.717, 1.165) is 31.0 Å². The zero-order chi connectivity index (χ0) is 13.9. The van der Waals surface area contributed by atoms with Gasteiger partial charge in [0, 0.05) is 32.3 Å². The van der Waals surface area contributed by atoms with Gasteiger partial charge in [0.15, 0.2) is 0 Å². The summed E-state index contributed by atoms with van der Waals surface area (Å²) in [5, 5.41) is 3.55. The maximum absolute atomic E-state index is 6.11. The molecule has 106 valence electrons. The summed E-state index contributed by atoms with van der Waals surface area (Å²) in [6, 6.07) is 8.60. The third-order valence-corrected chi connectivity index (χ3v) is 3.91. The van der Waals surface area contributed by atoms with Gasteiger partial charge in [0.1, 0.15) is 17.7 Å². The maximum atomic E-state index is 6.11. The molecule has 4 heteroatoms. The van der Waals surface area contributed by atoms with E-state index in [2.05, 4.69) is 40.0 Å². The molecule has 0 amide bonds. The molecule has 1 aromatic carbocycles. The fraction of sp³-hybridized carbons (Fsp3) is 0.438. The highest BCUT2D eigenvalue weighted by atomic mass is 16.5. The van der Waals surface area contributed by atoms with Crippen LogP contribution in [0.15, 0.2) is 36.7 Å². The summed E-state index contributed by atoms with van der Waals surface area (Å²) in [4.78, 5) is 4.43. The van der Waals surface area contributed by atoms with Crippen LogP contribution in [0.4, 0.5) is 0 Å². The molecule has 0 saturated heterocycles. The van der Waals surface area contributed by atoms with Crippen LogP contribution in [0.25, 0.3) is 0 Å². The number of ether oxygens (including phenoxy) is 1. The number of aryl methyl sites for hydroxylation is 1. The predicted molar refractivity (Wildman–Crippen MR) is 78.9 cm³/mol. The van der Waals surface area contributed by atoms with Crippen LogP contribution in [0.3, 0.4) is 0 Å². The molecule has 0 bridgehead atoms. The van der Waals surface area contributed by atoms with Crippen LogP contribution in [-0.2, 0) is 19.9 Å². The first-order valence-electron chi connectivity index (χ1n) is 7.22. The van der Waals surface area contributed by atoms with Crippen molar-refractivity contribution in [2.24, 2.45) is 7.05 Å². The van der Waals surface area contributed by atoms with Gasteiger partial charge in [0.2, 0.25) is 0 Å². The monoisotopic (exact) mass is 271 g/mol. The minimum absolute atomic E-state index is 0.184. The molecule has 20 heavy (non-hydrogen) atoms. The molecule has 1 N–H and O–H groups in total. The number of nitrogens with one attached hydrogen (secondary N) is 1. The minimum atomic E-state index is 0.184. The summed E-state index contributed by atoms with van der Waals surface area (Å²) in [5.41, 5.74) is 1.31. The van der Waals surface area contributed by atoms with Gasteiger partial charge in [-0.1, -0.05) is 25.1 Å². The third-order valence-electron chi connectivity index (χ3n) is 3.91. The molecule has 3 rings (SSSR count). The molecule has 1 aromatic heterocycles. The highest BCUT2D eigenvalue weighted by Gasteiger charge is 2.30. The number of aromatic nitrogens is 2. The standard InChI is InChI=1S/C16H21N3O/c1-3-17-13(11-16-18-8-9-19(16)2)15-10-12-6-4-5-7-14(12)20-15/h4-9,13,15,17H,3,10-11H2,1-2H3. The maximum Gasteiger partial charge on any atom is 0.123 e. The summed E-state index contributed by atoms with van der Waals surface area (Å²) >= 11 is 0. The number of hydrogen-bond donors (Lipinski definition) is 1. The minimum Gasteiger partial charge on any atom is -0.488 e. The first-order valence-corrected chi connectivity index (χ1v) is 7.22. The number of para-hydroxylation sites is 1. The second kappa shape index (κ2) is 5.67. The number of benzene rings is 1. The molecular formula is C16H21N3O. The van der Waals surface area contributed by atoms with E-state index in [0.29, 0.717) is 0 Å². The number of rotatable bonds is 5. The Hall–Kier alpha value is -1.81. The molecule has 2 aromatic rings. The van der Waals surface area contributed by atoms with E-state index >= 15 is 0 Å². The van der Waals surface area contributed by atoms with Gasteiger partial charge in [-0.2, -0.15) is 0 Å². The quantitative estimate of drug-likeness (QED) is 0.903. The molecule has 2 atom stereocenters. The van der Waals surface area contributed by atoms with Crippen LogP contribution < -0.4 is 10.1 Å². The Morgan fingerprint density at radius 2 is 2.30 bits per heavy atom. The number of imidazole rings is 1. The van der Waals surface area contributed by atoms with Crippen LogP contribution in [-0.4, -0.2) is 28.2 Å². The summed E-state index contributed by atoms with van der Waals surface area (Å²) in [7, 11) is 2.04. The lowest BCUT2D eigenvalue weighted by atomic mass is 10.0. The average Bonchev–Trinajstić information content (AvgIpc) is 3.04. The van der Waals surface area contributed by atoms with Crippen molar-refractivity contribution < 1.29 is 4.74 Å². The van der Waals surface area contributed by atoms with Gasteiger partial charge in [-0.3, -0.25) is 0 Å². The van der Waals surface area contributed by atoms with Crippen molar-refractivity contribution in [3.05, 3.63) is 48.0 Å². The van der Waals surface area contributed by atoms with Gasteiger partial charge in [0.25, 0.3) is 0 Å². The third kappa shape index (κ3) is 2.56. The average molecular weight is 271 g/mol. The number of hydrogen-bond acceptors (Lipinski definition) is 3. The van der Waals surface area contributed by atoms with Gasteiger partial charge in [-0.15, -0.1) is 0 Å². The molecule has 0 aliphatic carbocycles. The van der Waals surface area contributed by atoms with E-state index in [9.17, 15) is 0 Å². The summed E-state index contributed by atoms with van der Waals surface area (Å²) in [5.74, 6) is 2.12. The molecule has 1 aliphatic heterocycles. The highest BCUT2D eigenvalue weighted by molar-refractivity contribution is 5.37. The smallest absolute Gasteiger partial charge is 0.123 e. The lowest BCUT2D eigenvalue weighted by Crippen LogP contribution is -2.44. The molecule has 4 nitrogen and oxygen atoms in total. The normalized spacial score (nSPS) is 18.6. The van der Waals surface area contributed by atoms with E-state index in [-0.39, 0.29) is 12.1 Å². The van der Waals surface area contributed by atoms with Crippen LogP contribution in [0.2, 0.25) is 0 Å². The van der Waals surface area contributed by atoms with Gasteiger partial charge in [0.05, 0.1) is 6.04 Å². The van der Waals surface area contributed by atoms with Crippen molar-refractivity contribution in [1.82, 2.24) is 14.9 Å². The molecule has 0 fully saturated rings. The van der Waals surface area contributed by atoms with Crippen LogP contribution in [0.5, 0.6) is 5.75 Å². The largest absolute Gasteiger partial charge is 0.488 e. The van der Waals surface area contributed by atoms with E-state index < -0.39 is 0 Å². The first kappa shape index (κ1) is 13.2. The van der Waals surface area contributed by atoms with Crippen molar-refractivity contribution >= 4 is 0 Å². The molecular weight excluding hydrogens is 250 g/mol. The summed E-state index contributed by atoms with van der Waals surface area (Å²) < 4.78 is 8.19. The van der Waals surface area contributed by atoms with Crippen molar-refractivity contribution in [2.45, 2.75) is 31.9 Å². The van der Waals surface area contributed by atoms with E-state index in [4.69, 9.17) is 4.74 Å². The fourth-order valence-electron chi connectivity index (χ4n) is 2.82. The first-order chi connectivity index (χ1) is 9.78. The van der Waals surface area contributed by atoms with Crippen molar-refractivity contribution in [3.8, 4) is 5.75 Å². The van der Waals surface area contributed by atoms with E-state index in [1.54, 1.807) is 0 Å². The Balaban J connectivity index is 1.74. The van der Waals surface area contributed by atoms with Gasteiger partial charge in [-0.25, -0.2) is 4.98 Å². The number of nitrogens with zero attached hydrogens (tertiary/aromatic N) is 2. The Kier molecular flexibility index (Phi) is 3.74. The van der Waals surface area contributed by atoms with Gasteiger partial charge in [-0.05, 0) is 18.2 Å². The Morgan fingerprint density at radius 1 is 1.45 bits per heavy atom. The fourth-order valence-corrected chi connectivity index (χ4v) is 2.82. The van der Waals surface area contributed by atoms with Crippen molar-refractivity contribution in [1.29, 1.82) is 0 Å². The van der Waals surface area contributed by atoms with Crippen LogP contribution >= 0.6 is 0 Å². The second-order valence-electron chi connectivity index (χ2n) is 5.29. The molecule has 0 saturated carbocycles. The predicted octanol–water partition coefficient (Wildman–Crippen LogP) is 1.94. The Labute approximate surface area is 119 Å². The van der Waals surface area contributed by atoms with E-state index in [1.807, 2.05) is 25.5 Å². The van der Waals surface area contributed by atoms with E-state index in [1.165, 1.54) is 5.56 Å². The van der Waals surface area contributed by atoms with Gasteiger partial charge < -0.3 is 14.6 Å². The number of likely N-dealkylation sites (N-methyl/N-ethyl adjacent to an activating group) is 1.